The standard InChI is InChI=1S/C11H14ClF3N2O/c1-10(2,18-3)6-17-9-8(12)4-7(5-16-9)11(13,14)15/h4-5H,6H2,1-3H3,(H,16,17). The number of methoxy groups -OCH3 is 1. The Morgan fingerprint density at radius 1 is 1.39 bits per heavy atom. The van der Waals surface area contributed by atoms with Crippen molar-refractivity contribution in [2.24, 2.45) is 0 Å². The molecule has 0 aromatic carbocycles. The van der Waals surface area contributed by atoms with Gasteiger partial charge in [0, 0.05) is 19.9 Å². The second kappa shape index (κ2) is 5.32. The molecule has 0 atom stereocenters. The summed E-state index contributed by atoms with van der Waals surface area (Å²) < 4.78 is 42.3. The van der Waals surface area contributed by atoms with Crippen LogP contribution in [0.5, 0.6) is 0 Å². The van der Waals surface area contributed by atoms with Crippen LogP contribution in [-0.2, 0) is 10.9 Å². The maximum Gasteiger partial charge on any atom is 0.417 e. The predicted molar refractivity (Wildman–Crippen MR) is 63.8 cm³/mol. The van der Waals surface area contributed by atoms with E-state index in [1.807, 2.05) is 13.8 Å². The fraction of sp³-hybridized carbons (Fsp3) is 0.545. The van der Waals surface area contributed by atoms with E-state index in [-0.39, 0.29) is 10.8 Å². The van der Waals surface area contributed by atoms with Crippen LogP contribution in [-0.4, -0.2) is 24.2 Å². The molecule has 0 radical (unpaired) electrons. The molecule has 0 aliphatic heterocycles. The Kier molecular flexibility index (Phi) is 4.45. The predicted octanol–water partition coefficient (Wildman–Crippen LogP) is 3.59. The minimum absolute atomic E-state index is 0.0725. The maximum atomic E-state index is 12.4. The number of nitrogens with zero attached hydrogens (tertiary/aromatic N) is 1. The first-order chi connectivity index (χ1) is 8.15. The van der Waals surface area contributed by atoms with Crippen molar-refractivity contribution in [2.45, 2.75) is 25.6 Å². The average molecular weight is 283 g/mol. The summed E-state index contributed by atoms with van der Waals surface area (Å²) in [5.41, 5.74) is -1.34. The molecule has 3 nitrogen and oxygen atoms in total. The van der Waals surface area contributed by atoms with Crippen LogP contribution >= 0.6 is 11.6 Å². The molecule has 0 bridgehead atoms. The van der Waals surface area contributed by atoms with Gasteiger partial charge in [-0.1, -0.05) is 11.6 Å². The van der Waals surface area contributed by atoms with E-state index in [0.717, 1.165) is 12.3 Å². The van der Waals surface area contributed by atoms with Gasteiger partial charge in [0.25, 0.3) is 0 Å². The van der Waals surface area contributed by atoms with Crippen molar-refractivity contribution in [3.05, 3.63) is 22.8 Å². The van der Waals surface area contributed by atoms with Gasteiger partial charge in [-0.3, -0.25) is 0 Å². The summed E-state index contributed by atoms with van der Waals surface area (Å²) in [6, 6.07) is 0.844. The number of anilines is 1. The zero-order chi connectivity index (χ0) is 14.0. The van der Waals surface area contributed by atoms with Crippen LogP contribution in [0.4, 0.5) is 19.0 Å². The Bertz CT molecular complexity index is 421. The van der Waals surface area contributed by atoms with Crippen molar-refractivity contribution in [3.63, 3.8) is 0 Å². The summed E-state index contributed by atoms with van der Waals surface area (Å²) >= 11 is 5.74. The maximum absolute atomic E-state index is 12.4. The lowest BCUT2D eigenvalue weighted by Crippen LogP contribution is -2.32. The zero-order valence-electron chi connectivity index (χ0n) is 10.2. The minimum atomic E-state index is -4.44. The highest BCUT2D eigenvalue weighted by Crippen LogP contribution is 2.32. The molecule has 0 unspecified atom stereocenters. The van der Waals surface area contributed by atoms with E-state index in [1.54, 1.807) is 7.11 Å². The van der Waals surface area contributed by atoms with Crippen molar-refractivity contribution in [3.8, 4) is 0 Å². The largest absolute Gasteiger partial charge is 0.417 e. The minimum Gasteiger partial charge on any atom is -0.377 e. The van der Waals surface area contributed by atoms with Crippen molar-refractivity contribution in [2.75, 3.05) is 19.0 Å². The van der Waals surface area contributed by atoms with Crippen LogP contribution in [0.1, 0.15) is 19.4 Å². The van der Waals surface area contributed by atoms with E-state index in [0.29, 0.717) is 6.54 Å². The van der Waals surface area contributed by atoms with Crippen LogP contribution in [0.3, 0.4) is 0 Å². The molecule has 1 rings (SSSR count). The first-order valence-corrected chi connectivity index (χ1v) is 5.55. The number of hydrogen-bond acceptors (Lipinski definition) is 3. The third-order valence-corrected chi connectivity index (χ3v) is 2.69. The van der Waals surface area contributed by atoms with Crippen molar-refractivity contribution >= 4 is 17.4 Å². The first-order valence-electron chi connectivity index (χ1n) is 5.17. The second-order valence-electron chi connectivity index (χ2n) is 4.37. The van der Waals surface area contributed by atoms with Crippen molar-refractivity contribution in [1.29, 1.82) is 0 Å². The number of rotatable bonds is 4. The molecule has 1 N–H and O–H groups in total. The summed E-state index contributed by atoms with van der Waals surface area (Å²) in [5.74, 6) is 0.204. The molecule has 102 valence electrons. The second-order valence-corrected chi connectivity index (χ2v) is 4.78. The van der Waals surface area contributed by atoms with E-state index in [2.05, 4.69) is 10.3 Å². The molecule has 0 aliphatic carbocycles. The van der Waals surface area contributed by atoms with Gasteiger partial charge in [0.2, 0.25) is 0 Å². The molecular formula is C11H14ClF3N2O. The Morgan fingerprint density at radius 2 is 2.00 bits per heavy atom. The highest BCUT2D eigenvalue weighted by molar-refractivity contribution is 6.32. The van der Waals surface area contributed by atoms with Crippen LogP contribution in [0, 0.1) is 0 Å². The van der Waals surface area contributed by atoms with Crippen LogP contribution in [0.2, 0.25) is 5.02 Å². The number of halogens is 4. The Hall–Kier alpha value is -1.01. The van der Waals surface area contributed by atoms with Gasteiger partial charge in [-0.05, 0) is 19.9 Å². The lowest BCUT2D eigenvalue weighted by Gasteiger charge is -2.23. The van der Waals surface area contributed by atoms with E-state index in [9.17, 15) is 13.2 Å². The molecule has 1 aromatic rings. The molecule has 0 spiro atoms. The monoisotopic (exact) mass is 282 g/mol. The molecule has 1 aromatic heterocycles. The molecule has 0 amide bonds. The number of ether oxygens (including phenoxy) is 1. The average Bonchev–Trinajstić information content (AvgIpc) is 2.26. The summed E-state index contributed by atoms with van der Waals surface area (Å²) in [7, 11) is 1.55. The van der Waals surface area contributed by atoms with E-state index >= 15 is 0 Å². The normalized spacial score (nSPS) is 12.6. The number of pyridine rings is 1. The lowest BCUT2D eigenvalue weighted by molar-refractivity contribution is -0.137. The number of nitrogens with one attached hydrogen (secondary N) is 1. The van der Waals surface area contributed by atoms with E-state index in [4.69, 9.17) is 16.3 Å². The van der Waals surface area contributed by atoms with Gasteiger partial charge < -0.3 is 10.1 Å². The highest BCUT2D eigenvalue weighted by Gasteiger charge is 2.31. The fourth-order valence-electron chi connectivity index (χ4n) is 1.09. The van der Waals surface area contributed by atoms with E-state index in [1.165, 1.54) is 0 Å². The van der Waals surface area contributed by atoms with E-state index < -0.39 is 17.3 Å². The van der Waals surface area contributed by atoms with Gasteiger partial charge in [-0.15, -0.1) is 0 Å². The fourth-order valence-corrected chi connectivity index (χ4v) is 1.32. The summed E-state index contributed by atoms with van der Waals surface area (Å²) in [5, 5.41) is 2.77. The van der Waals surface area contributed by atoms with Crippen molar-refractivity contribution < 1.29 is 17.9 Å². The molecule has 0 saturated carbocycles. The highest BCUT2D eigenvalue weighted by atomic mass is 35.5. The molecule has 7 heteroatoms. The molecule has 0 saturated heterocycles. The van der Waals surface area contributed by atoms with Crippen LogP contribution in [0.15, 0.2) is 12.3 Å². The third-order valence-electron chi connectivity index (χ3n) is 2.40. The van der Waals surface area contributed by atoms with Crippen LogP contribution < -0.4 is 5.32 Å². The van der Waals surface area contributed by atoms with Crippen molar-refractivity contribution in [1.82, 2.24) is 4.98 Å². The van der Waals surface area contributed by atoms with Gasteiger partial charge in [0.1, 0.15) is 5.82 Å². The number of alkyl halides is 3. The van der Waals surface area contributed by atoms with Gasteiger partial charge in [-0.2, -0.15) is 13.2 Å². The number of hydrogen-bond donors (Lipinski definition) is 1. The molecular weight excluding hydrogens is 269 g/mol. The Balaban J connectivity index is 2.81. The summed E-state index contributed by atoms with van der Waals surface area (Å²) in [6.07, 6.45) is -3.70. The topological polar surface area (TPSA) is 34.1 Å². The third kappa shape index (κ3) is 4.03. The van der Waals surface area contributed by atoms with Gasteiger partial charge >= 0.3 is 6.18 Å². The smallest absolute Gasteiger partial charge is 0.377 e. The Labute approximate surface area is 108 Å². The van der Waals surface area contributed by atoms with Gasteiger partial charge in [-0.25, -0.2) is 4.98 Å². The summed E-state index contributed by atoms with van der Waals surface area (Å²) in [4.78, 5) is 3.66. The molecule has 0 fully saturated rings. The molecule has 18 heavy (non-hydrogen) atoms. The summed E-state index contributed by atoms with van der Waals surface area (Å²) in [6.45, 7) is 4.04. The van der Waals surface area contributed by atoms with Gasteiger partial charge in [0.15, 0.2) is 0 Å². The quantitative estimate of drug-likeness (QED) is 0.916. The molecule has 0 aliphatic rings. The SMILES string of the molecule is COC(C)(C)CNc1ncc(C(F)(F)F)cc1Cl. The van der Waals surface area contributed by atoms with Gasteiger partial charge in [0.05, 0.1) is 16.2 Å². The Morgan fingerprint density at radius 3 is 2.44 bits per heavy atom. The van der Waals surface area contributed by atoms with Crippen LogP contribution in [0.25, 0.3) is 0 Å². The number of aromatic nitrogens is 1. The lowest BCUT2D eigenvalue weighted by atomic mass is 10.1. The molecule has 1 heterocycles. The zero-order valence-corrected chi connectivity index (χ0v) is 11.0. The first kappa shape index (κ1) is 15.0.